The Morgan fingerprint density at radius 1 is 0.239 bits per heavy atom. The first kappa shape index (κ1) is 111. The number of fused-ring (bicyclic) bond motifs is 4. The van der Waals surface area contributed by atoms with Crippen molar-refractivity contribution in [1.82, 2.24) is 4.98 Å². The van der Waals surface area contributed by atoms with E-state index in [1.807, 2.05) is 0 Å². The van der Waals surface area contributed by atoms with Crippen molar-refractivity contribution in [2.45, 2.75) is 19.6 Å². The van der Waals surface area contributed by atoms with E-state index in [1.54, 1.807) is 12.1 Å². The molecule has 2 heterocycles. The number of sulfone groups is 2. The molecule has 1 aliphatic carbocycles. The van der Waals surface area contributed by atoms with E-state index in [-0.39, 0.29) is 84.7 Å². The van der Waals surface area contributed by atoms with E-state index in [0.29, 0.717) is 36.4 Å². The molecule has 0 amide bonds. The minimum absolute atomic E-state index is 0.0256. The second kappa shape index (κ2) is 44.3. The smallest absolute Gasteiger partial charge is 0.253 e. The first-order valence-corrected chi connectivity index (χ1v) is 39.8. The maximum atomic E-state index is 13.4. The maximum Gasteiger partial charge on any atom is 0.253 e. The van der Waals surface area contributed by atoms with Gasteiger partial charge in [-0.2, -0.15) is 50.6 Å². The van der Waals surface area contributed by atoms with Crippen LogP contribution < -0.4 is 0 Å². The summed E-state index contributed by atoms with van der Waals surface area (Å²) in [5.74, 6) is -64.4. The molecule has 0 fully saturated rings. The topological polar surface area (TPSA) is 316 Å². The third kappa shape index (κ3) is 21.8. The summed E-state index contributed by atoms with van der Waals surface area (Å²) >= 11 is 46.1. The molecule has 14 rings (SSSR count). The van der Waals surface area contributed by atoms with E-state index in [1.165, 1.54) is 0 Å². The standard InChI is InChI=1S/C14H4F4O2.C13F10O.C13H6F4O.C12H4Cl4O4S2.C8Cl4N2.2C8F4N2.C6F4N2/c15-9-1-5-6(2-10(9)16)14(20)8-4-12(18)11(17)3-7(8)13(5)19;14-3-1(4(15)8(19)11(22)7(3)18)13(24)2-5(16)9(20)12(23)10(21)6(2)17;14-9-3-1-7(5-11(9)16)13(18)8-2-4-10(15)12(17)6-8;13-5-1-9-10(2-6(5)14)22(19,20)12-4-8(16)7(15)3-11(12)21(9,17)18;2*9-5-3(1-13)6(10)8(12)4(2-14)7(5)11;9-5-3(1-13)4(2-14)6(10)8(12)7(5)11;7-3-2(1-11)4(8)6(10)12-5(3)9/h1-4H;;1-6H;1-4H;;;;. The van der Waals surface area contributed by atoms with Crippen molar-refractivity contribution in [2.24, 2.45) is 0 Å². The van der Waals surface area contributed by atoms with Crippen LogP contribution in [0.2, 0.25) is 40.2 Å². The van der Waals surface area contributed by atoms with Crippen LogP contribution in [0.25, 0.3) is 0 Å². The molecular weight excluding hydrogens is 2140 g/mol. The zero-order valence-corrected chi connectivity index (χ0v) is 71.8. The van der Waals surface area contributed by atoms with Crippen molar-refractivity contribution in [1.29, 1.82) is 36.8 Å². The van der Waals surface area contributed by atoms with Crippen LogP contribution in [0.4, 0.5) is 132 Å². The fourth-order valence-corrected chi connectivity index (χ4v) is 16.6. The third-order valence-corrected chi connectivity index (χ3v) is 24.1. The average molecular weight is 2160 g/mol. The molecular formula is C82H14Cl8F30N8O8S2. The van der Waals surface area contributed by atoms with Gasteiger partial charge in [-0.3, -0.25) is 19.2 Å². The van der Waals surface area contributed by atoms with Gasteiger partial charge in [-0.25, -0.2) is 140 Å². The molecule has 0 unspecified atom stereocenters. The molecule has 16 nitrogen and oxygen atoms in total. The zero-order valence-electron chi connectivity index (χ0n) is 64.1. The summed E-state index contributed by atoms with van der Waals surface area (Å²) in [5, 5.41) is 57.8. The van der Waals surface area contributed by atoms with Crippen LogP contribution in [-0.4, -0.2) is 45.0 Å². The lowest BCUT2D eigenvalue weighted by Crippen LogP contribution is -2.22. The van der Waals surface area contributed by atoms with E-state index in [9.17, 15) is 168 Å². The normalized spacial score (nSPS) is 11.7. The number of carbonyl (C=O) groups excluding carboxylic acids is 4. The summed E-state index contributed by atoms with van der Waals surface area (Å²) in [7, 11) is -8.23. The maximum absolute atomic E-state index is 13.4. The molecule has 56 heteroatoms. The highest BCUT2D eigenvalue weighted by atomic mass is 35.5. The second-order valence-electron chi connectivity index (χ2n) is 25.0. The number of carbonyl (C=O) groups is 4. The number of halogens is 38. The summed E-state index contributed by atoms with van der Waals surface area (Å²) in [6.07, 6.45) is 0. The number of aromatic nitrogens is 1. The Morgan fingerprint density at radius 3 is 0.652 bits per heavy atom. The molecule has 1 aliphatic heterocycles. The van der Waals surface area contributed by atoms with Gasteiger partial charge in [0.2, 0.25) is 37.1 Å². The van der Waals surface area contributed by atoms with Crippen molar-refractivity contribution >= 4 is 136 Å². The minimum Gasteiger partial charge on any atom is -0.289 e. The summed E-state index contributed by atoms with van der Waals surface area (Å²) in [4.78, 5) is 48.1. The van der Waals surface area contributed by atoms with Crippen LogP contribution >= 0.6 is 92.8 Å². The van der Waals surface area contributed by atoms with Gasteiger partial charge in [0.15, 0.2) is 169 Å². The number of benzene rings is 11. The molecule has 11 aromatic carbocycles. The first-order chi connectivity index (χ1) is 64.2. The van der Waals surface area contributed by atoms with Crippen LogP contribution in [0.5, 0.6) is 0 Å². The molecule has 1 aromatic heterocycles. The van der Waals surface area contributed by atoms with Crippen LogP contribution in [-0.2, 0) is 19.7 Å². The molecule has 708 valence electrons. The van der Waals surface area contributed by atoms with E-state index in [4.69, 9.17) is 130 Å². The van der Waals surface area contributed by atoms with Crippen LogP contribution in [0.1, 0.15) is 103 Å². The summed E-state index contributed by atoms with van der Waals surface area (Å²) < 4.78 is 436. The zero-order chi connectivity index (χ0) is 105. The van der Waals surface area contributed by atoms with Gasteiger partial charge < -0.3 is 0 Å². The Balaban J connectivity index is 0.000000217. The van der Waals surface area contributed by atoms with Gasteiger partial charge in [0.25, 0.3) is 11.9 Å². The number of nitrogens with zero attached hydrogens (tertiary/aromatic N) is 8. The molecule has 0 spiro atoms. The molecule has 2 aliphatic rings. The van der Waals surface area contributed by atoms with Crippen LogP contribution in [0.15, 0.2) is 105 Å². The molecule has 0 saturated heterocycles. The molecule has 12 aromatic rings. The van der Waals surface area contributed by atoms with Crippen molar-refractivity contribution in [3.8, 4) is 42.5 Å². The highest BCUT2D eigenvalue weighted by molar-refractivity contribution is 7.97. The lowest BCUT2D eigenvalue weighted by molar-refractivity contribution is 0.0977. The van der Waals surface area contributed by atoms with Gasteiger partial charge in [0, 0.05) is 33.4 Å². The average Bonchev–Trinajstić information content (AvgIpc) is 0.708. The second-order valence-corrected chi connectivity index (χ2v) is 31.9. The Bertz CT molecular complexity index is 7130. The molecule has 138 heavy (non-hydrogen) atoms. The van der Waals surface area contributed by atoms with E-state index >= 15 is 0 Å². The lowest BCUT2D eigenvalue weighted by Gasteiger charge is -2.21. The molecule has 0 radical (unpaired) electrons. The van der Waals surface area contributed by atoms with Gasteiger partial charge >= 0.3 is 0 Å². The van der Waals surface area contributed by atoms with Crippen molar-refractivity contribution < 1.29 is 168 Å². The van der Waals surface area contributed by atoms with Crippen molar-refractivity contribution in [3.63, 3.8) is 0 Å². The Morgan fingerprint density at radius 2 is 0.435 bits per heavy atom. The summed E-state index contributed by atoms with van der Waals surface area (Å²) in [5.41, 5.74) is -12.9. The predicted molar refractivity (Wildman–Crippen MR) is 412 cm³/mol. The van der Waals surface area contributed by atoms with E-state index < -0.39 is 276 Å². The minimum atomic E-state index is -4.12. The number of ketones is 4. The lowest BCUT2D eigenvalue weighted by atomic mass is 9.84. The van der Waals surface area contributed by atoms with Crippen LogP contribution in [0, 0.1) is 254 Å². The Kier molecular flexibility index (Phi) is 35.6. The number of nitriles is 7. The quantitative estimate of drug-likeness (QED) is 0.0519. The number of hydrogen-bond acceptors (Lipinski definition) is 16. The van der Waals surface area contributed by atoms with Gasteiger partial charge in [-0.15, -0.1) is 0 Å². The number of pyridine rings is 1. The Labute approximate surface area is 785 Å². The van der Waals surface area contributed by atoms with Gasteiger partial charge in [-0.1, -0.05) is 92.8 Å². The Hall–Kier alpha value is -14.2. The van der Waals surface area contributed by atoms with Crippen LogP contribution in [0.3, 0.4) is 0 Å². The van der Waals surface area contributed by atoms with Gasteiger partial charge in [0.1, 0.15) is 81.4 Å². The number of hydrogen-bond donors (Lipinski definition) is 0. The van der Waals surface area contributed by atoms with E-state index in [2.05, 4.69) is 4.98 Å². The predicted octanol–water partition coefficient (Wildman–Crippen LogP) is 24.6. The number of rotatable bonds is 4. The largest absolute Gasteiger partial charge is 0.289 e. The SMILES string of the molecule is N#Cc1c(Cl)c(Cl)c(C#N)c(Cl)c1Cl.N#Cc1c(F)c(F)c(C#N)c(F)c1F.N#Cc1c(F)c(F)c(F)c(F)c1C#N.N#Cc1c(F)c(F)nc(F)c1F.O=C(c1c(F)c(F)c(F)c(F)c1F)c1c(F)c(F)c(F)c(F)c1F.O=C(c1ccc(F)c(F)c1)c1ccc(F)c(F)c1.O=C1c2cc(F)c(F)cc2C(=O)c2cc(F)c(F)cc21.O=S1(=O)c2cc(Cl)c(Cl)cc2S(=O)(=O)c2cc(Cl)c(Cl)cc21. The summed E-state index contributed by atoms with van der Waals surface area (Å²) in [6, 6.07) is 20.1. The monoisotopic (exact) mass is 2150 g/mol. The van der Waals surface area contributed by atoms with Crippen molar-refractivity contribution in [2.75, 3.05) is 0 Å². The molecule has 0 N–H and O–H groups in total. The summed E-state index contributed by atoms with van der Waals surface area (Å²) in [6.45, 7) is 0. The highest BCUT2D eigenvalue weighted by Crippen LogP contribution is 2.47. The fraction of sp³-hybridized carbons (Fsp3) is 0. The molecule has 0 bridgehead atoms. The first-order valence-electron chi connectivity index (χ1n) is 33.8. The molecule has 0 saturated carbocycles. The van der Waals surface area contributed by atoms with Crippen molar-refractivity contribution in [3.05, 3.63) is 383 Å². The van der Waals surface area contributed by atoms with Gasteiger partial charge in [-0.05, 0) is 84.9 Å². The molecule has 0 atom stereocenters. The highest BCUT2D eigenvalue weighted by Gasteiger charge is 2.43. The third-order valence-electron chi connectivity index (χ3n) is 17.0. The fourth-order valence-electron chi connectivity index (χ4n) is 10.5. The van der Waals surface area contributed by atoms with E-state index in [0.717, 1.165) is 78.9 Å². The van der Waals surface area contributed by atoms with Gasteiger partial charge in [0.05, 0.1) is 70.9 Å².